The highest BCUT2D eigenvalue weighted by atomic mass is 35.5. The smallest absolute Gasteiger partial charge is 0.410 e. The summed E-state index contributed by atoms with van der Waals surface area (Å²) < 4.78 is 11.8. The number of hydrogen-bond acceptors (Lipinski definition) is 5. The van der Waals surface area contributed by atoms with Gasteiger partial charge in [0.25, 0.3) is 0 Å². The average Bonchev–Trinajstić information content (AvgIpc) is 2.81. The predicted molar refractivity (Wildman–Crippen MR) is 82.7 cm³/mol. The number of hydrogen-bond donors (Lipinski definition) is 0. The second-order valence-corrected chi connectivity index (χ2v) is 7.78. The van der Waals surface area contributed by atoms with Crippen LogP contribution in [0.25, 0.3) is 0 Å². The Morgan fingerprint density at radius 1 is 1.57 bits per heavy atom. The Hall–Kier alpha value is -0.850. The molecule has 1 fully saturated rings. The van der Waals surface area contributed by atoms with Gasteiger partial charge >= 0.3 is 6.09 Å². The van der Waals surface area contributed by atoms with Gasteiger partial charge in [-0.1, -0.05) is 11.6 Å². The summed E-state index contributed by atoms with van der Waals surface area (Å²) in [6.07, 6.45) is 3.37. The molecule has 1 saturated heterocycles. The number of aromatic nitrogens is 1. The van der Waals surface area contributed by atoms with Crippen molar-refractivity contribution in [3.8, 4) is 0 Å². The second-order valence-electron chi connectivity index (χ2n) is 6.08. The Balaban J connectivity index is 1.81. The number of thiazole rings is 1. The quantitative estimate of drug-likeness (QED) is 0.846. The molecule has 2 rings (SSSR count). The summed E-state index contributed by atoms with van der Waals surface area (Å²) >= 11 is 7.21. The fraction of sp³-hybridized carbons (Fsp3) is 0.714. The van der Waals surface area contributed by atoms with E-state index in [0.717, 1.165) is 24.3 Å². The lowest BCUT2D eigenvalue weighted by Gasteiger charge is -2.33. The van der Waals surface area contributed by atoms with E-state index in [2.05, 4.69) is 4.98 Å². The number of rotatable bonds is 3. The zero-order valence-corrected chi connectivity index (χ0v) is 14.2. The van der Waals surface area contributed by atoms with Crippen molar-refractivity contribution in [3.05, 3.63) is 15.5 Å². The average molecular weight is 333 g/mol. The van der Waals surface area contributed by atoms with Gasteiger partial charge in [-0.25, -0.2) is 9.78 Å². The van der Waals surface area contributed by atoms with Crippen LogP contribution >= 0.6 is 22.9 Å². The summed E-state index contributed by atoms with van der Waals surface area (Å²) in [5.74, 6) is 0. The van der Waals surface area contributed by atoms with E-state index in [9.17, 15) is 4.79 Å². The summed E-state index contributed by atoms with van der Waals surface area (Å²) in [6.45, 7) is 7.39. The lowest BCUT2D eigenvalue weighted by Crippen LogP contribution is -2.45. The van der Waals surface area contributed by atoms with Gasteiger partial charge in [-0.2, -0.15) is 0 Å². The minimum Gasteiger partial charge on any atom is -0.444 e. The van der Waals surface area contributed by atoms with Crippen molar-refractivity contribution in [2.24, 2.45) is 0 Å². The first kappa shape index (κ1) is 16.5. The lowest BCUT2D eigenvalue weighted by atomic mass is 10.1. The highest BCUT2D eigenvalue weighted by Gasteiger charge is 2.28. The number of likely N-dealkylation sites (tertiary alicyclic amines) is 1. The third-order valence-electron chi connectivity index (χ3n) is 3.02. The van der Waals surface area contributed by atoms with Crippen molar-refractivity contribution in [2.45, 2.75) is 51.9 Å². The molecule has 0 aromatic carbocycles. The first-order chi connectivity index (χ1) is 9.83. The Kier molecular flexibility index (Phi) is 5.46. The van der Waals surface area contributed by atoms with Gasteiger partial charge in [-0.3, -0.25) is 0 Å². The van der Waals surface area contributed by atoms with Crippen molar-refractivity contribution in [1.82, 2.24) is 9.88 Å². The molecule has 0 spiro atoms. The van der Waals surface area contributed by atoms with E-state index in [1.54, 1.807) is 11.1 Å². The number of ether oxygens (including phenoxy) is 2. The molecule has 1 amide bonds. The molecule has 0 N–H and O–H groups in total. The molecule has 7 heteroatoms. The fourth-order valence-corrected chi connectivity index (χ4v) is 3.02. The number of halogens is 1. The van der Waals surface area contributed by atoms with E-state index in [4.69, 9.17) is 21.1 Å². The van der Waals surface area contributed by atoms with Gasteiger partial charge < -0.3 is 14.4 Å². The molecule has 1 aromatic rings. The molecule has 1 unspecified atom stereocenters. The van der Waals surface area contributed by atoms with Gasteiger partial charge in [-0.15, -0.1) is 11.3 Å². The van der Waals surface area contributed by atoms with Gasteiger partial charge in [-0.05, 0) is 33.6 Å². The van der Waals surface area contributed by atoms with E-state index in [-0.39, 0.29) is 12.2 Å². The van der Waals surface area contributed by atoms with Crippen LogP contribution in [0.5, 0.6) is 0 Å². The molecule has 1 aromatic heterocycles. The summed E-state index contributed by atoms with van der Waals surface area (Å²) in [4.78, 5) is 18.8. The summed E-state index contributed by atoms with van der Waals surface area (Å²) in [5.41, 5.74) is -0.468. The van der Waals surface area contributed by atoms with Crippen molar-refractivity contribution >= 4 is 29.0 Å². The van der Waals surface area contributed by atoms with E-state index in [1.165, 1.54) is 11.3 Å². The van der Waals surface area contributed by atoms with Gasteiger partial charge in [0, 0.05) is 12.7 Å². The largest absolute Gasteiger partial charge is 0.444 e. The topological polar surface area (TPSA) is 51.7 Å². The van der Waals surface area contributed by atoms with Gasteiger partial charge in [0.05, 0.1) is 24.1 Å². The Morgan fingerprint density at radius 3 is 2.95 bits per heavy atom. The number of carbonyl (C=O) groups excluding carboxylic acids is 1. The molecule has 1 aliphatic heterocycles. The highest BCUT2D eigenvalue weighted by Crippen LogP contribution is 2.21. The molecule has 1 aliphatic rings. The molecule has 0 saturated carbocycles. The van der Waals surface area contributed by atoms with E-state index in [0.29, 0.717) is 17.6 Å². The Bertz CT molecular complexity index is 487. The maximum atomic E-state index is 12.1. The van der Waals surface area contributed by atoms with Crippen LogP contribution in [0.1, 0.15) is 38.5 Å². The van der Waals surface area contributed by atoms with Crippen molar-refractivity contribution in [3.63, 3.8) is 0 Å². The zero-order chi connectivity index (χ0) is 15.5. The molecule has 0 radical (unpaired) electrons. The Morgan fingerprint density at radius 2 is 2.33 bits per heavy atom. The zero-order valence-electron chi connectivity index (χ0n) is 12.6. The van der Waals surface area contributed by atoms with E-state index < -0.39 is 5.60 Å². The maximum Gasteiger partial charge on any atom is 0.410 e. The number of carbonyl (C=O) groups is 1. The van der Waals surface area contributed by atoms with Crippen LogP contribution in [0.4, 0.5) is 4.79 Å². The molecule has 118 valence electrons. The minimum absolute atomic E-state index is 0.0344. The summed E-state index contributed by atoms with van der Waals surface area (Å²) in [6, 6.07) is 0. The molecule has 2 heterocycles. The van der Waals surface area contributed by atoms with Crippen LogP contribution in [0.2, 0.25) is 4.47 Å². The molecular weight excluding hydrogens is 312 g/mol. The standard InChI is InChI=1S/C14H21ClN2O3S/c1-14(2,3)20-13(18)17-6-4-5-10(8-17)19-9-11-7-16-12(15)21-11/h7,10H,4-6,8-9H2,1-3H3. The molecule has 5 nitrogen and oxygen atoms in total. The van der Waals surface area contributed by atoms with E-state index in [1.807, 2.05) is 20.8 Å². The van der Waals surface area contributed by atoms with Gasteiger partial charge in [0.1, 0.15) is 5.60 Å². The third kappa shape index (κ3) is 5.45. The fourth-order valence-electron chi connectivity index (χ4n) is 2.12. The normalized spacial score (nSPS) is 19.6. The summed E-state index contributed by atoms with van der Waals surface area (Å²) in [7, 11) is 0. The lowest BCUT2D eigenvalue weighted by molar-refractivity contribution is -0.0253. The first-order valence-electron chi connectivity index (χ1n) is 7.03. The molecule has 21 heavy (non-hydrogen) atoms. The van der Waals surface area contributed by atoms with Crippen LogP contribution in [0.15, 0.2) is 6.20 Å². The van der Waals surface area contributed by atoms with Crippen molar-refractivity contribution < 1.29 is 14.3 Å². The van der Waals surface area contributed by atoms with Crippen LogP contribution in [-0.2, 0) is 16.1 Å². The second kappa shape index (κ2) is 6.94. The number of piperidine rings is 1. The highest BCUT2D eigenvalue weighted by molar-refractivity contribution is 7.15. The molecule has 1 atom stereocenters. The van der Waals surface area contributed by atoms with Crippen molar-refractivity contribution in [1.29, 1.82) is 0 Å². The van der Waals surface area contributed by atoms with Crippen LogP contribution < -0.4 is 0 Å². The van der Waals surface area contributed by atoms with E-state index >= 15 is 0 Å². The van der Waals surface area contributed by atoms with Crippen molar-refractivity contribution in [2.75, 3.05) is 13.1 Å². The molecule has 0 aliphatic carbocycles. The van der Waals surface area contributed by atoms with Crippen LogP contribution in [0, 0.1) is 0 Å². The Labute approximate surface area is 134 Å². The van der Waals surface area contributed by atoms with Gasteiger partial charge in [0.15, 0.2) is 4.47 Å². The SMILES string of the molecule is CC(C)(C)OC(=O)N1CCCC(OCc2cnc(Cl)s2)C1. The van der Waals surface area contributed by atoms with Crippen LogP contribution in [-0.4, -0.2) is 40.8 Å². The number of nitrogens with zero attached hydrogens (tertiary/aromatic N) is 2. The van der Waals surface area contributed by atoms with Gasteiger partial charge in [0.2, 0.25) is 0 Å². The van der Waals surface area contributed by atoms with Crippen LogP contribution in [0.3, 0.4) is 0 Å². The predicted octanol–water partition coefficient (Wildman–Crippen LogP) is 3.71. The first-order valence-corrected chi connectivity index (χ1v) is 8.23. The molecular formula is C14H21ClN2O3S. The molecule has 0 bridgehead atoms. The minimum atomic E-state index is -0.468. The summed E-state index contributed by atoms with van der Waals surface area (Å²) in [5, 5.41) is 0. The third-order valence-corrected chi connectivity index (χ3v) is 4.10. The number of amides is 1. The maximum absolute atomic E-state index is 12.1. The monoisotopic (exact) mass is 332 g/mol.